The molecule has 0 spiro atoms. The summed E-state index contributed by atoms with van der Waals surface area (Å²) in [6.45, 7) is 9.71. The standard InChI is InChI=1S/C42H54O7/c1-41(30-44-24-36-15-7-3-8-16-36,31-45-25-37-17-9-4-10-18-37)34-48-28-40(23-43)29-49-35-42(2,32-46-26-38-19-11-5-12-20-38)33-47-27-39-21-13-6-14-22-39/h3-22,40,43H,23-35H2,1-2H3. The van der Waals surface area contributed by atoms with Crippen LogP contribution in [0.2, 0.25) is 0 Å². The van der Waals surface area contributed by atoms with Crippen LogP contribution in [0.15, 0.2) is 121 Å². The van der Waals surface area contributed by atoms with Crippen LogP contribution in [0.3, 0.4) is 0 Å². The van der Waals surface area contributed by atoms with Crippen LogP contribution >= 0.6 is 0 Å². The summed E-state index contributed by atoms with van der Waals surface area (Å²) in [4.78, 5) is 0. The Balaban J connectivity index is 1.25. The van der Waals surface area contributed by atoms with Gasteiger partial charge in [0.2, 0.25) is 0 Å². The number of aliphatic hydroxyl groups is 1. The maximum atomic E-state index is 10.2. The second-order valence-electron chi connectivity index (χ2n) is 13.6. The first-order valence-corrected chi connectivity index (χ1v) is 17.2. The number of hydrogen-bond donors (Lipinski definition) is 1. The van der Waals surface area contributed by atoms with E-state index < -0.39 is 0 Å². The first-order valence-electron chi connectivity index (χ1n) is 17.2. The molecular formula is C42H54O7. The van der Waals surface area contributed by atoms with Crippen LogP contribution in [0.5, 0.6) is 0 Å². The molecule has 264 valence electrons. The number of hydrogen-bond acceptors (Lipinski definition) is 7. The zero-order chi connectivity index (χ0) is 34.5. The Labute approximate surface area is 293 Å². The summed E-state index contributed by atoms with van der Waals surface area (Å²) in [5.41, 5.74) is 3.73. The van der Waals surface area contributed by atoms with E-state index in [9.17, 15) is 5.11 Å². The summed E-state index contributed by atoms with van der Waals surface area (Å²) < 4.78 is 37.0. The maximum Gasteiger partial charge on any atom is 0.0717 e. The molecule has 0 aliphatic rings. The lowest BCUT2D eigenvalue weighted by atomic mass is 9.94. The Hall–Kier alpha value is -3.40. The van der Waals surface area contributed by atoms with Crippen molar-refractivity contribution in [2.75, 3.05) is 59.5 Å². The smallest absolute Gasteiger partial charge is 0.0717 e. The van der Waals surface area contributed by atoms with E-state index in [2.05, 4.69) is 62.4 Å². The highest BCUT2D eigenvalue weighted by Crippen LogP contribution is 2.23. The molecule has 0 atom stereocenters. The normalized spacial score (nSPS) is 12.1. The quantitative estimate of drug-likeness (QED) is 0.0783. The van der Waals surface area contributed by atoms with Gasteiger partial charge in [0.05, 0.1) is 85.9 Å². The molecule has 0 radical (unpaired) electrons. The van der Waals surface area contributed by atoms with Gasteiger partial charge in [-0.25, -0.2) is 0 Å². The van der Waals surface area contributed by atoms with Crippen LogP contribution < -0.4 is 0 Å². The average molecular weight is 671 g/mol. The zero-order valence-electron chi connectivity index (χ0n) is 29.2. The highest BCUT2D eigenvalue weighted by Gasteiger charge is 2.28. The van der Waals surface area contributed by atoms with Gasteiger partial charge in [-0.2, -0.15) is 0 Å². The third kappa shape index (κ3) is 15.4. The fourth-order valence-corrected chi connectivity index (χ4v) is 5.31. The minimum absolute atomic E-state index is 0.0442. The summed E-state index contributed by atoms with van der Waals surface area (Å²) in [6.07, 6.45) is 0. The van der Waals surface area contributed by atoms with Crippen LogP contribution in [-0.4, -0.2) is 64.6 Å². The molecule has 7 nitrogen and oxygen atoms in total. The molecule has 0 heterocycles. The molecule has 0 amide bonds. The van der Waals surface area contributed by atoms with Gasteiger partial charge in [0.15, 0.2) is 0 Å². The molecule has 0 aliphatic carbocycles. The van der Waals surface area contributed by atoms with Crippen molar-refractivity contribution in [3.8, 4) is 0 Å². The lowest BCUT2D eigenvalue weighted by Gasteiger charge is -2.31. The van der Waals surface area contributed by atoms with Gasteiger partial charge < -0.3 is 33.5 Å². The molecule has 49 heavy (non-hydrogen) atoms. The molecular weight excluding hydrogens is 616 g/mol. The Morgan fingerprint density at radius 2 is 0.653 bits per heavy atom. The topological polar surface area (TPSA) is 75.6 Å². The van der Waals surface area contributed by atoms with Crippen molar-refractivity contribution in [2.45, 2.75) is 40.3 Å². The fraction of sp³-hybridized carbons (Fsp3) is 0.429. The van der Waals surface area contributed by atoms with Gasteiger partial charge in [-0.3, -0.25) is 0 Å². The molecule has 0 saturated heterocycles. The van der Waals surface area contributed by atoms with E-state index in [1.807, 2.05) is 72.8 Å². The van der Waals surface area contributed by atoms with Crippen molar-refractivity contribution in [3.63, 3.8) is 0 Å². The third-order valence-electron chi connectivity index (χ3n) is 8.11. The van der Waals surface area contributed by atoms with E-state index in [0.29, 0.717) is 79.3 Å². The summed E-state index contributed by atoms with van der Waals surface area (Å²) in [5, 5.41) is 10.2. The first kappa shape index (κ1) is 38.4. The van der Waals surface area contributed by atoms with Crippen molar-refractivity contribution >= 4 is 0 Å². The SMILES string of the molecule is CC(COCc1ccccc1)(COCc1ccccc1)COCC(CO)COCC(C)(COCc1ccccc1)COCc1ccccc1. The lowest BCUT2D eigenvalue weighted by Crippen LogP contribution is -2.36. The fourth-order valence-electron chi connectivity index (χ4n) is 5.31. The van der Waals surface area contributed by atoms with E-state index in [1.165, 1.54) is 0 Å². The summed E-state index contributed by atoms with van der Waals surface area (Å²) in [5.74, 6) is -0.181. The molecule has 1 N–H and O–H groups in total. The van der Waals surface area contributed by atoms with Crippen LogP contribution in [0.1, 0.15) is 36.1 Å². The zero-order valence-corrected chi connectivity index (χ0v) is 29.2. The average Bonchev–Trinajstić information content (AvgIpc) is 3.13. The van der Waals surface area contributed by atoms with Crippen LogP contribution in [0, 0.1) is 16.7 Å². The van der Waals surface area contributed by atoms with E-state index in [-0.39, 0.29) is 23.4 Å². The number of rotatable bonds is 25. The number of benzene rings is 4. The van der Waals surface area contributed by atoms with Gasteiger partial charge in [-0.1, -0.05) is 135 Å². The van der Waals surface area contributed by atoms with Crippen molar-refractivity contribution in [2.24, 2.45) is 16.7 Å². The molecule has 0 aromatic heterocycles. The largest absolute Gasteiger partial charge is 0.396 e. The molecule has 4 aromatic carbocycles. The van der Waals surface area contributed by atoms with E-state index in [0.717, 1.165) is 22.3 Å². The second-order valence-corrected chi connectivity index (χ2v) is 13.6. The van der Waals surface area contributed by atoms with Gasteiger partial charge >= 0.3 is 0 Å². The molecule has 0 fully saturated rings. The number of aliphatic hydroxyl groups excluding tert-OH is 1. The summed E-state index contributed by atoms with van der Waals surface area (Å²) in [7, 11) is 0. The lowest BCUT2D eigenvalue weighted by molar-refractivity contribution is -0.0915. The second kappa shape index (κ2) is 21.6. The Morgan fingerprint density at radius 1 is 0.408 bits per heavy atom. The highest BCUT2D eigenvalue weighted by atomic mass is 16.5. The minimum atomic E-state index is -0.380. The highest BCUT2D eigenvalue weighted by molar-refractivity contribution is 5.15. The molecule has 0 aliphatic heterocycles. The van der Waals surface area contributed by atoms with Gasteiger partial charge in [0.1, 0.15) is 0 Å². The Morgan fingerprint density at radius 3 is 0.898 bits per heavy atom. The molecule has 4 rings (SSSR count). The maximum absolute atomic E-state index is 10.2. The molecule has 0 unspecified atom stereocenters. The van der Waals surface area contributed by atoms with E-state index >= 15 is 0 Å². The molecule has 0 bridgehead atoms. The van der Waals surface area contributed by atoms with Crippen molar-refractivity contribution in [1.29, 1.82) is 0 Å². The van der Waals surface area contributed by atoms with Crippen LogP contribution in [-0.2, 0) is 54.8 Å². The van der Waals surface area contributed by atoms with E-state index in [4.69, 9.17) is 28.4 Å². The van der Waals surface area contributed by atoms with Gasteiger partial charge in [0, 0.05) is 16.7 Å². The Kier molecular flexibility index (Phi) is 17.0. The minimum Gasteiger partial charge on any atom is -0.396 e. The monoisotopic (exact) mass is 670 g/mol. The predicted octanol–water partition coefficient (Wildman–Crippen LogP) is 7.51. The van der Waals surface area contributed by atoms with Gasteiger partial charge in [-0.15, -0.1) is 0 Å². The molecule has 4 aromatic rings. The summed E-state index contributed by atoms with van der Waals surface area (Å²) >= 11 is 0. The van der Waals surface area contributed by atoms with Crippen molar-refractivity contribution < 1.29 is 33.5 Å². The predicted molar refractivity (Wildman–Crippen MR) is 193 cm³/mol. The van der Waals surface area contributed by atoms with Gasteiger partial charge in [0.25, 0.3) is 0 Å². The van der Waals surface area contributed by atoms with Gasteiger partial charge in [-0.05, 0) is 22.3 Å². The molecule has 0 saturated carbocycles. The van der Waals surface area contributed by atoms with Crippen LogP contribution in [0.4, 0.5) is 0 Å². The van der Waals surface area contributed by atoms with Crippen LogP contribution in [0.25, 0.3) is 0 Å². The summed E-state index contributed by atoms with van der Waals surface area (Å²) in [6, 6.07) is 40.6. The Bertz CT molecular complexity index is 1190. The molecule has 7 heteroatoms. The third-order valence-corrected chi connectivity index (χ3v) is 8.11. The first-order chi connectivity index (χ1) is 24.0. The van der Waals surface area contributed by atoms with Crippen molar-refractivity contribution in [1.82, 2.24) is 0 Å². The number of ether oxygens (including phenoxy) is 6. The van der Waals surface area contributed by atoms with Crippen molar-refractivity contribution in [3.05, 3.63) is 144 Å². The van der Waals surface area contributed by atoms with E-state index in [1.54, 1.807) is 0 Å².